The maximum Gasteiger partial charge on any atom is 0.305 e. The second kappa shape index (κ2) is 14.0. The number of hydrogen-bond donors (Lipinski definition) is 2. The van der Waals surface area contributed by atoms with Gasteiger partial charge in [0.1, 0.15) is 11.6 Å². The van der Waals surface area contributed by atoms with E-state index in [0.29, 0.717) is 28.5 Å². The molecule has 3 aromatic rings. The minimum atomic E-state index is -1.06. The molecule has 0 saturated heterocycles. The fourth-order valence-electron chi connectivity index (χ4n) is 3.94. The van der Waals surface area contributed by atoms with E-state index in [9.17, 15) is 19.1 Å². The lowest BCUT2D eigenvalue weighted by Gasteiger charge is -2.19. The van der Waals surface area contributed by atoms with E-state index in [2.05, 4.69) is 12.2 Å². The van der Waals surface area contributed by atoms with Gasteiger partial charge in [-0.15, -0.1) is 0 Å². The van der Waals surface area contributed by atoms with Crippen molar-refractivity contribution >= 4 is 35.1 Å². The molecular weight excluding hydrogens is 516 g/mol. The molecule has 8 heteroatoms. The van der Waals surface area contributed by atoms with Gasteiger partial charge in [0.05, 0.1) is 29.7 Å². The minimum Gasteiger partial charge on any atom is -0.493 e. The Labute approximate surface area is 226 Å². The lowest BCUT2D eigenvalue weighted by atomic mass is 9.98. The highest BCUT2D eigenvalue weighted by Gasteiger charge is 2.22. The lowest BCUT2D eigenvalue weighted by Crippen LogP contribution is -2.30. The SMILES string of the molecule is CCCCCCCOc1ccc(Cl)cc1C(=O)NC(CC(=O)O)c1ccc(-c2ccc(F)c(Cl)c2)cc1. The Morgan fingerprint density at radius 2 is 1.65 bits per heavy atom. The molecule has 0 fully saturated rings. The van der Waals surface area contributed by atoms with Crippen molar-refractivity contribution in [2.75, 3.05) is 6.61 Å². The fraction of sp³-hybridized carbons (Fsp3) is 0.310. The standard InChI is InChI=1S/C29H30Cl2FNO4/c1-2-3-4-5-6-15-37-27-14-12-22(30)17-23(27)29(36)33-26(18-28(34)35)20-9-7-19(8-10-20)21-11-13-25(32)24(31)16-21/h7-14,16-17,26H,2-6,15,18H2,1H3,(H,33,36)(H,34,35). The third-order valence-electron chi connectivity index (χ3n) is 5.94. The van der Waals surface area contributed by atoms with Crippen molar-refractivity contribution in [2.24, 2.45) is 0 Å². The predicted molar refractivity (Wildman–Crippen MR) is 145 cm³/mol. The molecule has 3 aromatic carbocycles. The molecule has 3 rings (SSSR count). The van der Waals surface area contributed by atoms with Gasteiger partial charge in [0.25, 0.3) is 5.91 Å². The zero-order valence-electron chi connectivity index (χ0n) is 20.6. The Bertz CT molecular complexity index is 1220. The van der Waals surface area contributed by atoms with Crippen molar-refractivity contribution in [1.29, 1.82) is 0 Å². The van der Waals surface area contributed by atoms with E-state index in [1.165, 1.54) is 24.6 Å². The Kier molecular flexibility index (Phi) is 10.8. The number of rotatable bonds is 13. The number of nitrogens with one attached hydrogen (secondary N) is 1. The van der Waals surface area contributed by atoms with E-state index in [4.69, 9.17) is 27.9 Å². The number of hydrogen-bond acceptors (Lipinski definition) is 3. The number of halogens is 3. The average molecular weight is 546 g/mol. The maximum absolute atomic E-state index is 13.5. The molecule has 196 valence electrons. The topological polar surface area (TPSA) is 75.6 Å². The molecule has 0 spiro atoms. The molecule has 0 aromatic heterocycles. The second-order valence-corrected chi connectivity index (χ2v) is 9.62. The molecule has 1 atom stereocenters. The van der Waals surface area contributed by atoms with Gasteiger partial charge in [-0.2, -0.15) is 0 Å². The summed E-state index contributed by atoms with van der Waals surface area (Å²) in [6.45, 7) is 2.63. The first kappa shape index (κ1) is 28.5. The zero-order valence-corrected chi connectivity index (χ0v) is 22.1. The number of amides is 1. The van der Waals surface area contributed by atoms with Crippen LogP contribution in [0.3, 0.4) is 0 Å². The first-order valence-electron chi connectivity index (χ1n) is 12.3. The summed E-state index contributed by atoms with van der Waals surface area (Å²) in [7, 11) is 0. The summed E-state index contributed by atoms with van der Waals surface area (Å²) in [6, 6.07) is 15.4. The highest BCUT2D eigenvalue weighted by Crippen LogP contribution is 2.28. The maximum atomic E-state index is 13.5. The van der Waals surface area contributed by atoms with Crippen molar-refractivity contribution < 1.29 is 23.8 Å². The zero-order chi connectivity index (χ0) is 26.8. The summed E-state index contributed by atoms with van der Waals surface area (Å²) in [5, 5.41) is 12.7. The number of carbonyl (C=O) groups is 2. The van der Waals surface area contributed by atoms with Gasteiger partial charge < -0.3 is 15.2 Å². The molecule has 5 nitrogen and oxygen atoms in total. The van der Waals surface area contributed by atoms with E-state index in [0.717, 1.165) is 31.2 Å². The number of carbonyl (C=O) groups excluding carboxylic acids is 1. The summed E-state index contributed by atoms with van der Waals surface area (Å²) in [5.74, 6) is -1.65. The molecule has 2 N–H and O–H groups in total. The van der Waals surface area contributed by atoms with Crippen LogP contribution in [0.4, 0.5) is 4.39 Å². The Morgan fingerprint density at radius 3 is 2.32 bits per heavy atom. The number of ether oxygens (including phenoxy) is 1. The third kappa shape index (κ3) is 8.48. The van der Waals surface area contributed by atoms with E-state index < -0.39 is 23.7 Å². The van der Waals surface area contributed by atoms with Crippen LogP contribution in [-0.2, 0) is 4.79 Å². The minimum absolute atomic E-state index is 0.0121. The molecule has 0 radical (unpaired) electrons. The van der Waals surface area contributed by atoms with Gasteiger partial charge in [-0.25, -0.2) is 4.39 Å². The van der Waals surface area contributed by atoms with Crippen LogP contribution in [0.15, 0.2) is 60.7 Å². The van der Waals surface area contributed by atoms with Crippen molar-refractivity contribution in [3.8, 4) is 16.9 Å². The summed E-state index contributed by atoms with van der Waals surface area (Å²) < 4.78 is 19.4. The van der Waals surface area contributed by atoms with Crippen LogP contribution < -0.4 is 10.1 Å². The highest BCUT2D eigenvalue weighted by molar-refractivity contribution is 6.31. The molecule has 1 unspecified atom stereocenters. The first-order valence-corrected chi connectivity index (χ1v) is 13.0. The quantitative estimate of drug-likeness (QED) is 0.213. The van der Waals surface area contributed by atoms with Crippen molar-refractivity contribution in [3.63, 3.8) is 0 Å². The van der Waals surface area contributed by atoms with Gasteiger partial charge >= 0.3 is 5.97 Å². The summed E-state index contributed by atoms with van der Waals surface area (Å²) >= 11 is 12.0. The first-order chi connectivity index (χ1) is 17.8. The van der Waals surface area contributed by atoms with Gasteiger partial charge in [0.2, 0.25) is 0 Å². The van der Waals surface area contributed by atoms with Gasteiger partial charge in [0, 0.05) is 5.02 Å². The van der Waals surface area contributed by atoms with Crippen LogP contribution in [0.1, 0.15) is 67.4 Å². The van der Waals surface area contributed by atoms with Gasteiger partial charge in [-0.05, 0) is 53.4 Å². The monoisotopic (exact) mass is 545 g/mol. The summed E-state index contributed by atoms with van der Waals surface area (Å²) in [6.07, 6.45) is 5.07. The Balaban J connectivity index is 1.76. The van der Waals surface area contributed by atoms with Crippen molar-refractivity contribution in [2.45, 2.75) is 51.5 Å². The van der Waals surface area contributed by atoms with E-state index in [1.807, 2.05) is 0 Å². The van der Waals surface area contributed by atoms with Crippen LogP contribution in [0.25, 0.3) is 11.1 Å². The van der Waals surface area contributed by atoms with Crippen LogP contribution in [0, 0.1) is 5.82 Å². The molecule has 0 aliphatic heterocycles. The third-order valence-corrected chi connectivity index (χ3v) is 6.47. The van der Waals surface area contributed by atoms with Crippen molar-refractivity contribution in [1.82, 2.24) is 5.32 Å². The van der Waals surface area contributed by atoms with E-state index in [1.54, 1.807) is 42.5 Å². The van der Waals surface area contributed by atoms with E-state index in [-0.39, 0.29) is 17.0 Å². The summed E-state index contributed by atoms with van der Waals surface area (Å²) in [5.41, 5.74) is 2.34. The summed E-state index contributed by atoms with van der Waals surface area (Å²) in [4.78, 5) is 24.8. The number of carboxylic acids is 1. The molecule has 0 aliphatic carbocycles. The Morgan fingerprint density at radius 1 is 0.946 bits per heavy atom. The number of benzene rings is 3. The lowest BCUT2D eigenvalue weighted by molar-refractivity contribution is -0.137. The average Bonchev–Trinajstić information content (AvgIpc) is 2.88. The van der Waals surface area contributed by atoms with Crippen LogP contribution in [-0.4, -0.2) is 23.6 Å². The number of carboxylic acid groups (broad SMARTS) is 1. The smallest absolute Gasteiger partial charge is 0.305 e. The van der Waals surface area contributed by atoms with Gasteiger partial charge in [0.15, 0.2) is 0 Å². The van der Waals surface area contributed by atoms with Crippen molar-refractivity contribution in [3.05, 3.63) is 87.7 Å². The van der Waals surface area contributed by atoms with Crippen LogP contribution >= 0.6 is 23.2 Å². The predicted octanol–water partition coefficient (Wildman–Crippen LogP) is 8.09. The molecule has 0 aliphatic rings. The molecular formula is C29H30Cl2FNO4. The number of aliphatic carboxylic acids is 1. The second-order valence-electron chi connectivity index (χ2n) is 8.78. The number of unbranched alkanes of at least 4 members (excludes halogenated alkanes) is 4. The molecule has 1 amide bonds. The highest BCUT2D eigenvalue weighted by atomic mass is 35.5. The van der Waals surface area contributed by atoms with Crippen LogP contribution in [0.2, 0.25) is 10.0 Å². The molecule has 0 bridgehead atoms. The van der Waals surface area contributed by atoms with Gasteiger partial charge in [-0.1, -0.05) is 86.1 Å². The Hall–Kier alpha value is -3.09. The molecule has 37 heavy (non-hydrogen) atoms. The fourth-order valence-corrected chi connectivity index (χ4v) is 4.29. The molecule has 0 heterocycles. The van der Waals surface area contributed by atoms with E-state index >= 15 is 0 Å². The normalized spacial score (nSPS) is 11.7. The van der Waals surface area contributed by atoms with Crippen LogP contribution in [0.5, 0.6) is 5.75 Å². The molecule has 0 saturated carbocycles. The largest absolute Gasteiger partial charge is 0.493 e. The van der Waals surface area contributed by atoms with Gasteiger partial charge in [-0.3, -0.25) is 9.59 Å².